The number of benzene rings is 1. The summed E-state index contributed by atoms with van der Waals surface area (Å²) >= 11 is 3.06. The van der Waals surface area contributed by atoms with Crippen LogP contribution in [-0.2, 0) is 7.05 Å². The number of nitrogens with zero attached hydrogens (tertiary/aromatic N) is 1. The number of rotatable bonds is 1. The first-order valence-electron chi connectivity index (χ1n) is 4.18. The first kappa shape index (κ1) is 10.2. The maximum Gasteiger partial charge on any atom is 0.352 e. The Hall–Kier alpha value is -1.36. The van der Waals surface area contributed by atoms with Gasteiger partial charge < -0.3 is 9.67 Å². The van der Waals surface area contributed by atoms with Crippen molar-refractivity contribution < 1.29 is 14.3 Å². The number of aromatic nitrogens is 1. The zero-order valence-corrected chi connectivity index (χ0v) is 9.38. The lowest BCUT2D eigenvalue weighted by molar-refractivity contribution is 0.0687. The lowest BCUT2D eigenvalue weighted by Gasteiger charge is -2.00. The van der Waals surface area contributed by atoms with E-state index in [9.17, 15) is 9.18 Å². The minimum Gasteiger partial charge on any atom is -0.477 e. The Labute approximate surface area is 93.3 Å². The van der Waals surface area contributed by atoms with Crippen LogP contribution >= 0.6 is 15.9 Å². The van der Waals surface area contributed by atoms with Gasteiger partial charge in [-0.1, -0.05) is 0 Å². The van der Waals surface area contributed by atoms with Crippen LogP contribution in [0.25, 0.3) is 10.9 Å². The monoisotopic (exact) mass is 271 g/mol. The van der Waals surface area contributed by atoms with E-state index in [-0.39, 0.29) is 5.69 Å². The molecule has 15 heavy (non-hydrogen) atoms. The van der Waals surface area contributed by atoms with Crippen molar-refractivity contribution in [2.24, 2.45) is 7.05 Å². The van der Waals surface area contributed by atoms with Gasteiger partial charge in [-0.3, -0.25) is 0 Å². The molecule has 0 saturated carbocycles. The van der Waals surface area contributed by atoms with Gasteiger partial charge in [-0.05, 0) is 34.1 Å². The van der Waals surface area contributed by atoms with E-state index in [1.54, 1.807) is 13.1 Å². The molecule has 0 bridgehead atoms. The average Bonchev–Trinajstić information content (AvgIpc) is 2.46. The molecule has 78 valence electrons. The second-order valence-electron chi connectivity index (χ2n) is 3.22. The quantitative estimate of drug-likeness (QED) is 0.867. The third-order valence-electron chi connectivity index (χ3n) is 2.30. The molecule has 0 fully saturated rings. The summed E-state index contributed by atoms with van der Waals surface area (Å²) in [6.45, 7) is 0. The smallest absolute Gasteiger partial charge is 0.352 e. The van der Waals surface area contributed by atoms with E-state index >= 15 is 0 Å². The predicted octanol–water partition coefficient (Wildman–Crippen LogP) is 2.78. The number of carboxylic acids is 1. The van der Waals surface area contributed by atoms with Gasteiger partial charge in [0.05, 0.1) is 4.47 Å². The molecule has 2 rings (SSSR count). The summed E-state index contributed by atoms with van der Waals surface area (Å²) in [6.07, 6.45) is 0. The molecule has 0 unspecified atom stereocenters. The number of hydrogen-bond acceptors (Lipinski definition) is 1. The largest absolute Gasteiger partial charge is 0.477 e. The van der Waals surface area contributed by atoms with E-state index in [1.165, 1.54) is 16.7 Å². The summed E-state index contributed by atoms with van der Waals surface area (Å²) in [6, 6.07) is 4.33. The van der Waals surface area contributed by atoms with E-state index in [4.69, 9.17) is 5.11 Å². The Kier molecular flexibility index (Phi) is 2.26. The molecule has 5 heteroatoms. The van der Waals surface area contributed by atoms with E-state index in [1.807, 2.05) is 0 Å². The predicted molar refractivity (Wildman–Crippen MR) is 57.5 cm³/mol. The molecule has 0 aliphatic carbocycles. The first-order chi connectivity index (χ1) is 7.00. The number of carbonyl (C=O) groups is 1. The topological polar surface area (TPSA) is 42.2 Å². The van der Waals surface area contributed by atoms with Crippen molar-refractivity contribution in [1.29, 1.82) is 0 Å². The second-order valence-corrected chi connectivity index (χ2v) is 4.07. The molecule has 0 atom stereocenters. The highest BCUT2D eigenvalue weighted by atomic mass is 79.9. The fourth-order valence-electron chi connectivity index (χ4n) is 1.54. The van der Waals surface area contributed by atoms with Crippen molar-refractivity contribution in [2.75, 3.05) is 0 Å². The van der Waals surface area contributed by atoms with Crippen LogP contribution in [0.1, 0.15) is 10.5 Å². The molecule has 1 heterocycles. The highest BCUT2D eigenvalue weighted by Gasteiger charge is 2.13. The Morgan fingerprint density at radius 2 is 2.13 bits per heavy atom. The number of halogens is 2. The van der Waals surface area contributed by atoms with E-state index in [0.717, 1.165) is 0 Å². The molecule has 1 N–H and O–H groups in total. The number of aryl methyl sites for hydroxylation is 1. The van der Waals surface area contributed by atoms with E-state index in [0.29, 0.717) is 15.4 Å². The summed E-state index contributed by atoms with van der Waals surface area (Å²) in [4.78, 5) is 10.8. The van der Waals surface area contributed by atoms with Gasteiger partial charge in [0, 0.05) is 18.0 Å². The lowest BCUT2D eigenvalue weighted by Crippen LogP contribution is -2.03. The number of aromatic carboxylic acids is 1. The zero-order chi connectivity index (χ0) is 11.2. The molecule has 2 aromatic rings. The summed E-state index contributed by atoms with van der Waals surface area (Å²) in [5.74, 6) is -1.42. The van der Waals surface area contributed by atoms with Crippen molar-refractivity contribution in [3.05, 3.63) is 34.2 Å². The molecule has 0 saturated heterocycles. The molecule has 0 spiro atoms. The summed E-state index contributed by atoms with van der Waals surface area (Å²) in [5, 5.41) is 9.46. The molecule has 1 aromatic carbocycles. The van der Waals surface area contributed by atoms with Gasteiger partial charge in [0.25, 0.3) is 0 Å². The van der Waals surface area contributed by atoms with Crippen LogP contribution in [0, 0.1) is 5.82 Å². The maximum atomic E-state index is 13.2. The fourth-order valence-corrected chi connectivity index (χ4v) is 1.87. The van der Waals surface area contributed by atoms with Crippen LogP contribution in [-0.4, -0.2) is 15.6 Å². The Balaban J connectivity index is 2.83. The molecule has 0 aliphatic rings. The highest BCUT2D eigenvalue weighted by Crippen LogP contribution is 2.25. The van der Waals surface area contributed by atoms with Crippen LogP contribution in [0.5, 0.6) is 0 Å². The Bertz CT molecular complexity index is 562. The van der Waals surface area contributed by atoms with Crippen LogP contribution in [0.15, 0.2) is 22.7 Å². The average molecular weight is 272 g/mol. The molecular weight excluding hydrogens is 265 g/mol. The summed E-state index contributed by atoms with van der Waals surface area (Å²) in [7, 11) is 1.64. The maximum absolute atomic E-state index is 13.2. The van der Waals surface area contributed by atoms with Gasteiger partial charge in [0.15, 0.2) is 0 Å². The fraction of sp³-hybridized carbons (Fsp3) is 0.100. The van der Waals surface area contributed by atoms with Gasteiger partial charge in [0.1, 0.15) is 11.5 Å². The molecule has 0 radical (unpaired) electrons. The Morgan fingerprint density at radius 3 is 2.73 bits per heavy atom. The molecule has 0 amide bonds. The van der Waals surface area contributed by atoms with Crippen molar-refractivity contribution in [2.45, 2.75) is 0 Å². The number of fused-ring (bicyclic) bond motifs is 1. The molecular formula is C10H7BrFNO2. The van der Waals surface area contributed by atoms with Gasteiger partial charge in [0.2, 0.25) is 0 Å². The molecule has 1 aromatic heterocycles. The standard InChI is InChI=1S/C10H7BrFNO2/c1-13-8-4-6(11)7(12)2-5(8)3-9(13)10(14)15/h2-4H,1H3,(H,14,15). The summed E-state index contributed by atoms with van der Waals surface area (Å²) in [5.41, 5.74) is 0.822. The minimum atomic E-state index is -1.02. The van der Waals surface area contributed by atoms with Gasteiger partial charge in [-0.15, -0.1) is 0 Å². The third-order valence-corrected chi connectivity index (χ3v) is 2.91. The van der Waals surface area contributed by atoms with Gasteiger partial charge in [-0.25, -0.2) is 9.18 Å². The third kappa shape index (κ3) is 1.52. The van der Waals surface area contributed by atoms with Crippen LogP contribution in [0.3, 0.4) is 0 Å². The van der Waals surface area contributed by atoms with Crippen LogP contribution in [0.4, 0.5) is 4.39 Å². The van der Waals surface area contributed by atoms with Crippen molar-refractivity contribution in [3.63, 3.8) is 0 Å². The Morgan fingerprint density at radius 1 is 1.47 bits per heavy atom. The van der Waals surface area contributed by atoms with Gasteiger partial charge in [-0.2, -0.15) is 0 Å². The normalized spacial score (nSPS) is 10.9. The van der Waals surface area contributed by atoms with E-state index < -0.39 is 11.8 Å². The van der Waals surface area contributed by atoms with Crippen molar-refractivity contribution >= 4 is 32.8 Å². The summed E-state index contributed by atoms with van der Waals surface area (Å²) < 4.78 is 15.0. The SMILES string of the molecule is Cn1c(C(=O)O)cc2cc(F)c(Br)cc21. The molecule has 0 aliphatic heterocycles. The number of carboxylic acid groups (broad SMARTS) is 1. The highest BCUT2D eigenvalue weighted by molar-refractivity contribution is 9.10. The van der Waals surface area contributed by atoms with Crippen molar-refractivity contribution in [3.8, 4) is 0 Å². The van der Waals surface area contributed by atoms with Crippen LogP contribution in [0.2, 0.25) is 0 Å². The van der Waals surface area contributed by atoms with Gasteiger partial charge >= 0.3 is 5.97 Å². The minimum absolute atomic E-state index is 0.141. The number of hydrogen-bond donors (Lipinski definition) is 1. The first-order valence-corrected chi connectivity index (χ1v) is 4.98. The van der Waals surface area contributed by atoms with E-state index in [2.05, 4.69) is 15.9 Å². The second kappa shape index (κ2) is 3.34. The zero-order valence-electron chi connectivity index (χ0n) is 7.79. The van der Waals surface area contributed by atoms with Crippen molar-refractivity contribution in [1.82, 2.24) is 4.57 Å². The molecule has 3 nitrogen and oxygen atoms in total. The van der Waals surface area contributed by atoms with Crippen LogP contribution < -0.4 is 0 Å². The lowest BCUT2D eigenvalue weighted by atomic mass is 10.2.